The van der Waals surface area contributed by atoms with Gasteiger partial charge < -0.3 is 9.73 Å². The summed E-state index contributed by atoms with van der Waals surface area (Å²) in [6, 6.07) is 21.2. The second-order valence-electron chi connectivity index (χ2n) is 9.91. The molecule has 0 bridgehead atoms. The van der Waals surface area contributed by atoms with Gasteiger partial charge in [-0.15, -0.1) is 10.2 Å². The van der Waals surface area contributed by atoms with Crippen molar-refractivity contribution >= 4 is 5.82 Å². The van der Waals surface area contributed by atoms with Gasteiger partial charge >= 0.3 is 0 Å². The molecule has 0 saturated carbocycles. The van der Waals surface area contributed by atoms with Crippen LogP contribution in [0.25, 0.3) is 11.5 Å². The Kier molecular flexibility index (Phi) is 5.54. The van der Waals surface area contributed by atoms with Crippen LogP contribution in [0.3, 0.4) is 0 Å². The van der Waals surface area contributed by atoms with E-state index < -0.39 is 0 Å². The molecular weight excluding hydrogens is 422 g/mol. The molecule has 0 saturated heterocycles. The Morgan fingerprint density at radius 1 is 1.00 bits per heavy atom. The second-order valence-corrected chi connectivity index (χ2v) is 9.91. The summed E-state index contributed by atoms with van der Waals surface area (Å²) in [5, 5.41) is 17.8. The minimum absolute atomic E-state index is 0.159. The zero-order chi connectivity index (χ0) is 23.9. The number of nitrogens with one attached hydrogen (secondary N) is 1. The van der Waals surface area contributed by atoms with Crippen molar-refractivity contribution < 1.29 is 4.42 Å². The van der Waals surface area contributed by atoms with Gasteiger partial charge in [0.1, 0.15) is 11.4 Å². The lowest BCUT2D eigenvalue weighted by molar-refractivity contribution is 0.263. The van der Waals surface area contributed by atoms with Gasteiger partial charge in [0.2, 0.25) is 5.89 Å². The molecule has 3 heterocycles. The van der Waals surface area contributed by atoms with Gasteiger partial charge in [0, 0.05) is 0 Å². The number of rotatable bonds is 6. The fraction of sp³-hybridized carbons (Fsp3) is 0.393. The van der Waals surface area contributed by atoms with Crippen LogP contribution in [0.2, 0.25) is 0 Å². The molecule has 0 fully saturated rings. The molecule has 2 aromatic carbocycles. The normalized spacial score (nSPS) is 17.3. The van der Waals surface area contributed by atoms with E-state index in [0.29, 0.717) is 11.8 Å². The molecule has 1 aliphatic heterocycles. The number of hydrogen-bond donors (Lipinski definition) is 1. The summed E-state index contributed by atoms with van der Waals surface area (Å²) in [6.45, 7) is 10.8. The molecule has 0 unspecified atom stereocenters. The highest BCUT2D eigenvalue weighted by Gasteiger charge is 2.40. The monoisotopic (exact) mass is 455 g/mol. The van der Waals surface area contributed by atoms with E-state index in [2.05, 4.69) is 102 Å². The van der Waals surface area contributed by atoms with Crippen LogP contribution in [0.15, 0.2) is 65.1 Å². The zero-order valence-electron chi connectivity index (χ0n) is 20.7. The van der Waals surface area contributed by atoms with Gasteiger partial charge in [-0.05, 0) is 51.2 Å². The molecule has 2 aromatic heterocycles. The first-order valence-electron chi connectivity index (χ1n) is 12.2. The standard InChI is InChI=1S/C28H33N5O/c1-6-28(7-2,21-16-12-9-13-17-21)26-31-30-25(34-26)23-19(3)32-33-24(23)29-22(18-27(33,4)5)20-14-10-8-11-15-20/h8-17,22,29H,6-7,18H2,1-5H3/t22-/m1/s1. The number of fused-ring (bicyclic) bond motifs is 1. The summed E-state index contributed by atoms with van der Waals surface area (Å²) in [5.74, 6) is 2.12. The Hall–Kier alpha value is -3.41. The zero-order valence-corrected chi connectivity index (χ0v) is 20.7. The van der Waals surface area contributed by atoms with Crippen molar-refractivity contribution in [3.8, 4) is 11.5 Å². The summed E-state index contributed by atoms with van der Waals surface area (Å²) >= 11 is 0. The third kappa shape index (κ3) is 3.52. The van der Waals surface area contributed by atoms with Gasteiger partial charge in [-0.3, -0.25) is 0 Å². The van der Waals surface area contributed by atoms with Gasteiger partial charge in [-0.25, -0.2) is 4.68 Å². The average Bonchev–Trinajstić information content (AvgIpc) is 3.46. The fourth-order valence-electron chi connectivity index (χ4n) is 5.40. The topological polar surface area (TPSA) is 68.8 Å². The second kappa shape index (κ2) is 8.42. The number of aryl methyl sites for hydroxylation is 1. The van der Waals surface area contributed by atoms with Gasteiger partial charge in [-0.1, -0.05) is 74.5 Å². The first kappa shape index (κ1) is 22.4. The summed E-state index contributed by atoms with van der Waals surface area (Å²) in [7, 11) is 0. The Morgan fingerprint density at radius 2 is 1.65 bits per heavy atom. The largest absolute Gasteiger partial charge is 0.420 e. The lowest BCUT2D eigenvalue weighted by atomic mass is 9.76. The molecule has 0 amide bonds. The van der Waals surface area contributed by atoms with Crippen molar-refractivity contribution in [1.29, 1.82) is 0 Å². The Balaban J connectivity index is 1.59. The van der Waals surface area contributed by atoms with E-state index in [4.69, 9.17) is 9.52 Å². The van der Waals surface area contributed by atoms with E-state index in [0.717, 1.165) is 36.3 Å². The Bertz CT molecular complexity index is 1270. The lowest BCUT2D eigenvalue weighted by Gasteiger charge is -2.38. The highest BCUT2D eigenvalue weighted by Crippen LogP contribution is 2.45. The van der Waals surface area contributed by atoms with E-state index in [1.54, 1.807) is 0 Å². The van der Waals surface area contributed by atoms with Crippen LogP contribution in [0, 0.1) is 6.92 Å². The number of hydrogen-bond acceptors (Lipinski definition) is 5. The van der Waals surface area contributed by atoms with Gasteiger partial charge in [-0.2, -0.15) is 5.10 Å². The average molecular weight is 456 g/mol. The van der Waals surface area contributed by atoms with Crippen molar-refractivity contribution in [2.45, 2.75) is 70.9 Å². The summed E-state index contributed by atoms with van der Waals surface area (Å²) < 4.78 is 8.56. The van der Waals surface area contributed by atoms with Crippen LogP contribution in [-0.4, -0.2) is 20.0 Å². The van der Waals surface area contributed by atoms with Crippen LogP contribution in [0.1, 0.15) is 75.7 Å². The van der Waals surface area contributed by atoms with Crippen molar-refractivity contribution in [3.05, 3.63) is 83.4 Å². The van der Waals surface area contributed by atoms with Crippen molar-refractivity contribution in [2.24, 2.45) is 0 Å². The molecule has 1 N–H and O–H groups in total. The maximum absolute atomic E-state index is 6.47. The van der Waals surface area contributed by atoms with Crippen LogP contribution < -0.4 is 5.32 Å². The number of aromatic nitrogens is 4. The summed E-state index contributed by atoms with van der Waals surface area (Å²) in [4.78, 5) is 0. The molecule has 1 atom stereocenters. The predicted molar refractivity (Wildman–Crippen MR) is 135 cm³/mol. The molecule has 6 nitrogen and oxygen atoms in total. The fourth-order valence-corrected chi connectivity index (χ4v) is 5.40. The SMILES string of the molecule is CCC(CC)(c1ccccc1)c1nnc(-c2c(C)nn3c2N[C@@H](c2ccccc2)CC3(C)C)o1. The lowest BCUT2D eigenvalue weighted by Crippen LogP contribution is -2.37. The quantitative estimate of drug-likeness (QED) is 0.353. The maximum atomic E-state index is 6.47. The van der Waals surface area contributed by atoms with Crippen molar-refractivity contribution in [3.63, 3.8) is 0 Å². The Morgan fingerprint density at radius 3 is 2.29 bits per heavy atom. The maximum Gasteiger partial charge on any atom is 0.253 e. The van der Waals surface area contributed by atoms with Crippen molar-refractivity contribution in [2.75, 3.05) is 5.32 Å². The van der Waals surface area contributed by atoms with Crippen LogP contribution in [0.4, 0.5) is 5.82 Å². The van der Waals surface area contributed by atoms with Crippen molar-refractivity contribution in [1.82, 2.24) is 20.0 Å². The minimum atomic E-state index is -0.313. The molecule has 176 valence electrons. The number of nitrogens with zero attached hydrogens (tertiary/aromatic N) is 4. The molecule has 1 aliphatic rings. The minimum Gasteiger partial charge on any atom is -0.420 e. The first-order chi connectivity index (χ1) is 16.4. The first-order valence-corrected chi connectivity index (χ1v) is 12.2. The highest BCUT2D eigenvalue weighted by atomic mass is 16.4. The van der Waals surface area contributed by atoms with Crippen LogP contribution in [-0.2, 0) is 11.0 Å². The molecule has 34 heavy (non-hydrogen) atoms. The van der Waals surface area contributed by atoms with Crippen LogP contribution >= 0.6 is 0 Å². The van der Waals surface area contributed by atoms with E-state index in [-0.39, 0.29) is 17.0 Å². The van der Waals surface area contributed by atoms with E-state index in [1.165, 1.54) is 11.1 Å². The van der Waals surface area contributed by atoms with Gasteiger partial charge in [0.15, 0.2) is 0 Å². The van der Waals surface area contributed by atoms with E-state index >= 15 is 0 Å². The summed E-state index contributed by atoms with van der Waals surface area (Å²) in [6.07, 6.45) is 2.69. The molecule has 0 radical (unpaired) electrons. The molecule has 0 spiro atoms. The Labute approximate surface area is 201 Å². The van der Waals surface area contributed by atoms with Gasteiger partial charge in [0.05, 0.1) is 22.7 Å². The summed E-state index contributed by atoms with van der Waals surface area (Å²) in [5.41, 5.74) is 3.77. The molecule has 6 heteroatoms. The van der Waals surface area contributed by atoms with E-state index in [1.807, 2.05) is 13.0 Å². The highest BCUT2D eigenvalue weighted by molar-refractivity contribution is 5.73. The van der Waals surface area contributed by atoms with Gasteiger partial charge in [0.25, 0.3) is 5.89 Å². The number of benzene rings is 2. The molecule has 0 aliphatic carbocycles. The molecular formula is C28H33N5O. The molecule has 5 rings (SSSR count). The number of anilines is 1. The molecule has 4 aromatic rings. The van der Waals surface area contributed by atoms with E-state index in [9.17, 15) is 0 Å². The predicted octanol–water partition coefficient (Wildman–Crippen LogP) is 6.64. The third-order valence-electron chi connectivity index (χ3n) is 7.43. The smallest absolute Gasteiger partial charge is 0.253 e. The van der Waals surface area contributed by atoms with Crippen LogP contribution in [0.5, 0.6) is 0 Å². The third-order valence-corrected chi connectivity index (χ3v) is 7.43.